The molecular formula is C19H14ClF3N2O4S2. The molecule has 12 heteroatoms. The van der Waals surface area contributed by atoms with Crippen molar-refractivity contribution in [1.29, 1.82) is 0 Å². The lowest BCUT2D eigenvalue weighted by Gasteiger charge is -2.15. The number of alkyl halides is 3. The number of rotatable bonds is 6. The van der Waals surface area contributed by atoms with Gasteiger partial charge in [-0.1, -0.05) is 23.7 Å². The van der Waals surface area contributed by atoms with E-state index in [1.165, 1.54) is 42.5 Å². The minimum atomic E-state index is -4.75. The minimum Gasteiger partial charge on any atom is -0.280 e. The highest BCUT2D eigenvalue weighted by Crippen LogP contribution is 2.35. The molecule has 0 aliphatic rings. The average Bonchev–Trinajstić information content (AvgIpc) is 2.68. The van der Waals surface area contributed by atoms with Crippen LogP contribution in [0.15, 0.2) is 82.6 Å². The fraction of sp³-hybridized carbons (Fsp3) is 0.0526. The summed E-state index contributed by atoms with van der Waals surface area (Å²) in [5.41, 5.74) is -1.70. The van der Waals surface area contributed by atoms with Gasteiger partial charge in [0.25, 0.3) is 20.0 Å². The molecule has 6 nitrogen and oxygen atoms in total. The number of halogens is 4. The van der Waals surface area contributed by atoms with Gasteiger partial charge in [0.1, 0.15) is 0 Å². The van der Waals surface area contributed by atoms with Gasteiger partial charge in [0.2, 0.25) is 0 Å². The number of sulfonamides is 2. The van der Waals surface area contributed by atoms with Crippen molar-refractivity contribution in [2.24, 2.45) is 0 Å². The molecule has 0 heterocycles. The molecule has 31 heavy (non-hydrogen) atoms. The molecule has 0 amide bonds. The number of hydrogen-bond donors (Lipinski definition) is 2. The van der Waals surface area contributed by atoms with Crippen LogP contribution in [0.4, 0.5) is 24.5 Å². The lowest BCUT2D eigenvalue weighted by molar-refractivity contribution is -0.136. The molecule has 3 aromatic rings. The summed E-state index contributed by atoms with van der Waals surface area (Å²) in [7, 11) is -8.30. The zero-order valence-corrected chi connectivity index (χ0v) is 17.8. The summed E-state index contributed by atoms with van der Waals surface area (Å²) in [6, 6.07) is 14.0. The number of anilines is 2. The molecule has 0 aliphatic carbocycles. The fourth-order valence-electron chi connectivity index (χ4n) is 2.55. The molecule has 164 valence electrons. The Morgan fingerprint density at radius 1 is 0.677 bits per heavy atom. The molecule has 0 radical (unpaired) electrons. The van der Waals surface area contributed by atoms with Crippen LogP contribution in [0.25, 0.3) is 0 Å². The summed E-state index contributed by atoms with van der Waals surface area (Å²) < 4.78 is 93.2. The third-order valence-corrected chi connectivity index (χ3v) is 7.05. The Kier molecular flexibility index (Phi) is 6.21. The van der Waals surface area contributed by atoms with E-state index in [1.54, 1.807) is 0 Å². The predicted molar refractivity (Wildman–Crippen MR) is 111 cm³/mol. The summed E-state index contributed by atoms with van der Waals surface area (Å²) >= 11 is 5.73. The monoisotopic (exact) mass is 490 g/mol. The Balaban J connectivity index is 1.82. The molecule has 0 unspecified atom stereocenters. The Morgan fingerprint density at radius 2 is 1.16 bits per heavy atom. The molecule has 0 aromatic heterocycles. The van der Waals surface area contributed by atoms with Gasteiger partial charge in [0, 0.05) is 10.7 Å². The first-order chi connectivity index (χ1) is 14.4. The summed E-state index contributed by atoms with van der Waals surface area (Å²) in [5, 5.41) is 0.355. The second kappa shape index (κ2) is 8.40. The predicted octanol–water partition coefficient (Wildman–Crippen LogP) is 4.96. The lowest BCUT2D eigenvalue weighted by atomic mass is 10.2. The zero-order valence-electron chi connectivity index (χ0n) is 15.4. The molecule has 0 spiro atoms. The zero-order chi connectivity index (χ0) is 22.9. The normalized spacial score (nSPS) is 12.4. The summed E-state index contributed by atoms with van der Waals surface area (Å²) in [5.74, 6) is 0. The van der Waals surface area contributed by atoms with Crippen molar-refractivity contribution in [2.75, 3.05) is 9.44 Å². The van der Waals surface area contributed by atoms with Crippen LogP contribution in [-0.4, -0.2) is 16.8 Å². The molecular weight excluding hydrogens is 477 g/mol. The third kappa shape index (κ3) is 5.49. The molecule has 3 aromatic carbocycles. The number of benzene rings is 3. The van der Waals surface area contributed by atoms with Crippen LogP contribution in [0.2, 0.25) is 5.02 Å². The van der Waals surface area contributed by atoms with Gasteiger partial charge in [-0.15, -0.1) is 0 Å². The van der Waals surface area contributed by atoms with Gasteiger partial charge >= 0.3 is 6.18 Å². The van der Waals surface area contributed by atoms with Crippen LogP contribution in [0.5, 0.6) is 0 Å². The minimum absolute atomic E-state index is 0.0565. The first-order valence-corrected chi connectivity index (χ1v) is 11.8. The summed E-state index contributed by atoms with van der Waals surface area (Å²) in [6.45, 7) is 0. The molecule has 3 rings (SSSR count). The smallest absolute Gasteiger partial charge is 0.280 e. The van der Waals surface area contributed by atoms with Crippen LogP contribution in [0, 0.1) is 0 Å². The van der Waals surface area contributed by atoms with Crippen molar-refractivity contribution in [1.82, 2.24) is 0 Å². The summed E-state index contributed by atoms with van der Waals surface area (Å²) in [6.07, 6.45) is -4.75. The van der Waals surface area contributed by atoms with Crippen molar-refractivity contribution in [3.8, 4) is 0 Å². The van der Waals surface area contributed by atoms with E-state index >= 15 is 0 Å². The van der Waals surface area contributed by atoms with Crippen LogP contribution >= 0.6 is 11.6 Å². The van der Waals surface area contributed by atoms with Gasteiger partial charge in [-0.05, 0) is 60.7 Å². The van der Waals surface area contributed by atoms with Gasteiger partial charge in [0.15, 0.2) is 0 Å². The maximum absolute atomic E-state index is 13.1. The van der Waals surface area contributed by atoms with Crippen LogP contribution in [0.1, 0.15) is 5.56 Å². The van der Waals surface area contributed by atoms with E-state index in [0.717, 1.165) is 30.3 Å². The molecule has 0 saturated heterocycles. The van der Waals surface area contributed by atoms with Gasteiger partial charge in [-0.3, -0.25) is 9.44 Å². The molecule has 0 saturated carbocycles. The maximum atomic E-state index is 13.1. The van der Waals surface area contributed by atoms with Gasteiger partial charge in [-0.2, -0.15) is 13.2 Å². The van der Waals surface area contributed by atoms with Gasteiger partial charge in [-0.25, -0.2) is 16.8 Å². The SMILES string of the molecule is O=S(=O)(Nc1ccc(S(=O)(=O)Nc2ccccc2C(F)(F)F)cc1)c1ccc(Cl)cc1. The van der Waals surface area contributed by atoms with Gasteiger partial charge < -0.3 is 0 Å². The maximum Gasteiger partial charge on any atom is 0.418 e. The van der Waals surface area contributed by atoms with Crippen molar-refractivity contribution >= 4 is 43.0 Å². The van der Waals surface area contributed by atoms with E-state index < -0.39 is 37.5 Å². The Labute approximate surface area is 181 Å². The largest absolute Gasteiger partial charge is 0.418 e. The van der Waals surface area contributed by atoms with Crippen molar-refractivity contribution in [3.05, 3.63) is 83.4 Å². The standard InChI is InChI=1S/C19H14ClF3N2O4S2/c20-13-5-9-15(10-6-13)30(26,27)24-14-7-11-16(12-8-14)31(28,29)25-18-4-2-1-3-17(18)19(21,22)23/h1-12,24-25H. The van der Waals surface area contributed by atoms with E-state index in [0.29, 0.717) is 5.02 Å². The summed E-state index contributed by atoms with van der Waals surface area (Å²) in [4.78, 5) is -0.405. The number of para-hydroxylation sites is 1. The van der Waals surface area contributed by atoms with Crippen LogP contribution < -0.4 is 9.44 Å². The van der Waals surface area contributed by atoms with E-state index in [-0.39, 0.29) is 15.5 Å². The first-order valence-electron chi connectivity index (χ1n) is 8.46. The number of hydrogen-bond acceptors (Lipinski definition) is 4. The van der Waals surface area contributed by atoms with E-state index in [2.05, 4.69) is 4.72 Å². The fourth-order valence-corrected chi connectivity index (χ4v) is 4.82. The Morgan fingerprint density at radius 3 is 1.71 bits per heavy atom. The molecule has 0 aliphatic heterocycles. The quantitative estimate of drug-likeness (QED) is 0.511. The van der Waals surface area contributed by atoms with Crippen molar-refractivity contribution in [2.45, 2.75) is 16.0 Å². The highest BCUT2D eigenvalue weighted by Gasteiger charge is 2.34. The molecule has 2 N–H and O–H groups in total. The van der Waals surface area contributed by atoms with E-state index in [1.807, 2.05) is 4.72 Å². The Hall–Kier alpha value is -2.76. The highest BCUT2D eigenvalue weighted by molar-refractivity contribution is 7.93. The van der Waals surface area contributed by atoms with Crippen molar-refractivity contribution < 1.29 is 30.0 Å². The van der Waals surface area contributed by atoms with Crippen molar-refractivity contribution in [3.63, 3.8) is 0 Å². The molecule has 0 fully saturated rings. The van der Waals surface area contributed by atoms with Crippen LogP contribution in [0.3, 0.4) is 0 Å². The Bertz CT molecular complexity index is 1290. The average molecular weight is 491 g/mol. The topological polar surface area (TPSA) is 92.3 Å². The lowest BCUT2D eigenvalue weighted by Crippen LogP contribution is -2.17. The van der Waals surface area contributed by atoms with E-state index in [9.17, 15) is 30.0 Å². The molecule has 0 bridgehead atoms. The third-order valence-electron chi connectivity index (χ3n) is 4.02. The second-order valence-electron chi connectivity index (χ2n) is 6.23. The first kappa shape index (κ1) is 22.9. The van der Waals surface area contributed by atoms with E-state index in [4.69, 9.17) is 11.6 Å². The molecule has 0 atom stereocenters. The van der Waals surface area contributed by atoms with Crippen LogP contribution in [-0.2, 0) is 26.2 Å². The number of nitrogens with one attached hydrogen (secondary N) is 2. The second-order valence-corrected chi connectivity index (χ2v) is 10.0. The highest BCUT2D eigenvalue weighted by atomic mass is 35.5. The van der Waals surface area contributed by atoms with Gasteiger partial charge in [0.05, 0.1) is 21.0 Å².